The molecule has 1 atom stereocenters. The molecule has 28 heavy (non-hydrogen) atoms. The molecule has 9 heteroatoms. The maximum Gasteiger partial charge on any atom is 0.341 e. The molecule has 2 aromatic rings. The molecule has 3 N–H and O–H groups in total. The summed E-state index contributed by atoms with van der Waals surface area (Å²) in [5.41, 5.74) is -0.463. The van der Waals surface area contributed by atoms with Crippen LogP contribution in [0.3, 0.4) is 0 Å². The van der Waals surface area contributed by atoms with E-state index in [1.54, 1.807) is 9.47 Å². The van der Waals surface area contributed by atoms with E-state index in [4.69, 9.17) is 4.74 Å². The van der Waals surface area contributed by atoms with E-state index >= 15 is 4.39 Å². The average Bonchev–Trinajstić information content (AvgIpc) is 3.52. The minimum atomic E-state index is -1.34. The Morgan fingerprint density at radius 2 is 2.18 bits per heavy atom. The van der Waals surface area contributed by atoms with Crippen LogP contribution >= 0.6 is 0 Å². The number of aliphatic hydroxyl groups is 1. The van der Waals surface area contributed by atoms with Crippen LogP contribution in [0.25, 0.3) is 10.9 Å². The van der Waals surface area contributed by atoms with Gasteiger partial charge in [-0.15, -0.1) is 0 Å². The molecule has 1 unspecified atom stereocenters. The first-order valence-corrected chi connectivity index (χ1v) is 9.24. The largest absolute Gasteiger partial charge is 0.492 e. The molecular weight excluding hydrogens is 369 g/mol. The second-order valence-electron chi connectivity index (χ2n) is 7.23. The lowest BCUT2D eigenvalue weighted by molar-refractivity contribution is 0.0695. The third-order valence-corrected chi connectivity index (χ3v) is 5.37. The molecule has 150 valence electrons. The number of piperazine rings is 1. The fraction of sp³-hybridized carbons (Fsp3) is 0.474. The van der Waals surface area contributed by atoms with Crippen LogP contribution in [0.4, 0.5) is 10.1 Å². The van der Waals surface area contributed by atoms with Crippen molar-refractivity contribution in [3.63, 3.8) is 0 Å². The summed E-state index contributed by atoms with van der Waals surface area (Å²) in [6.07, 6.45) is 3.05. The maximum absolute atomic E-state index is 15.1. The Bertz CT molecular complexity index is 1000. The zero-order valence-electron chi connectivity index (χ0n) is 15.4. The summed E-state index contributed by atoms with van der Waals surface area (Å²) in [7, 11) is 1.41. The lowest BCUT2D eigenvalue weighted by Gasteiger charge is -2.35. The number of anilines is 1. The van der Waals surface area contributed by atoms with Gasteiger partial charge in [-0.1, -0.05) is 0 Å². The number of ether oxygens (including phenoxy) is 1. The van der Waals surface area contributed by atoms with Gasteiger partial charge in [0.1, 0.15) is 11.3 Å². The van der Waals surface area contributed by atoms with Crippen molar-refractivity contribution in [2.45, 2.75) is 24.9 Å². The molecule has 2 fully saturated rings. The predicted molar refractivity (Wildman–Crippen MR) is 101 cm³/mol. The molecule has 1 aliphatic carbocycles. The highest BCUT2D eigenvalue weighted by atomic mass is 19.1. The number of benzene rings is 1. The highest BCUT2D eigenvalue weighted by molar-refractivity contribution is 5.97. The minimum absolute atomic E-state index is 0.00116. The van der Waals surface area contributed by atoms with E-state index in [0.29, 0.717) is 25.2 Å². The maximum atomic E-state index is 15.1. The van der Waals surface area contributed by atoms with Gasteiger partial charge in [0, 0.05) is 37.9 Å². The number of hydrogen-bond acceptors (Lipinski definition) is 6. The zero-order valence-corrected chi connectivity index (χ0v) is 15.4. The quantitative estimate of drug-likeness (QED) is 0.697. The van der Waals surface area contributed by atoms with Gasteiger partial charge in [0.25, 0.3) is 0 Å². The van der Waals surface area contributed by atoms with E-state index < -0.39 is 17.2 Å². The van der Waals surface area contributed by atoms with Gasteiger partial charge in [0.05, 0.1) is 24.6 Å². The number of fused-ring (bicyclic) bond motifs is 1. The number of pyridine rings is 1. The molecule has 0 amide bonds. The zero-order chi connectivity index (χ0) is 20.0. The minimum Gasteiger partial charge on any atom is -0.492 e. The molecule has 2 heterocycles. The fourth-order valence-electron chi connectivity index (χ4n) is 3.88. The van der Waals surface area contributed by atoms with Crippen molar-refractivity contribution in [3.05, 3.63) is 33.9 Å². The van der Waals surface area contributed by atoms with Crippen molar-refractivity contribution in [2.24, 2.45) is 0 Å². The first-order valence-electron chi connectivity index (χ1n) is 9.24. The normalized spacial score (nSPS) is 19.8. The molecule has 0 radical (unpaired) electrons. The molecule has 8 nitrogen and oxygen atoms in total. The third-order valence-electron chi connectivity index (χ3n) is 5.37. The average molecular weight is 391 g/mol. The summed E-state index contributed by atoms with van der Waals surface area (Å²) in [6.45, 7) is 1.38. The van der Waals surface area contributed by atoms with Crippen molar-refractivity contribution >= 4 is 22.6 Å². The Balaban J connectivity index is 1.99. The lowest BCUT2D eigenvalue weighted by atomic mass is 10.1. The molecule has 1 saturated heterocycles. The van der Waals surface area contributed by atoms with Crippen LogP contribution < -0.4 is 20.4 Å². The van der Waals surface area contributed by atoms with Crippen LogP contribution in [-0.2, 0) is 0 Å². The molecule has 1 aliphatic heterocycles. The van der Waals surface area contributed by atoms with E-state index in [-0.39, 0.29) is 41.1 Å². The van der Waals surface area contributed by atoms with Crippen LogP contribution in [0.2, 0.25) is 0 Å². The summed E-state index contributed by atoms with van der Waals surface area (Å²) in [5, 5.41) is 22.0. The van der Waals surface area contributed by atoms with Crippen molar-refractivity contribution < 1.29 is 24.1 Å². The highest BCUT2D eigenvalue weighted by Crippen LogP contribution is 2.43. The fourth-order valence-corrected chi connectivity index (χ4v) is 3.88. The number of methoxy groups -OCH3 is 1. The van der Waals surface area contributed by atoms with E-state index in [1.165, 1.54) is 13.3 Å². The van der Waals surface area contributed by atoms with Crippen molar-refractivity contribution in [1.29, 1.82) is 0 Å². The van der Waals surface area contributed by atoms with E-state index in [0.717, 1.165) is 18.9 Å². The van der Waals surface area contributed by atoms with Gasteiger partial charge in [0.15, 0.2) is 11.6 Å². The molecule has 2 aliphatic rings. The van der Waals surface area contributed by atoms with Gasteiger partial charge >= 0.3 is 5.97 Å². The first-order chi connectivity index (χ1) is 13.5. The van der Waals surface area contributed by atoms with Gasteiger partial charge in [0.2, 0.25) is 5.43 Å². The van der Waals surface area contributed by atoms with E-state index in [9.17, 15) is 19.8 Å². The topological polar surface area (TPSA) is 104 Å². The number of aliphatic hydroxyl groups excluding tert-OH is 1. The monoisotopic (exact) mass is 391 g/mol. The van der Waals surface area contributed by atoms with Gasteiger partial charge in [-0.05, 0) is 18.9 Å². The number of nitrogens with zero attached hydrogens (tertiary/aromatic N) is 2. The highest BCUT2D eigenvalue weighted by Gasteiger charge is 2.32. The summed E-state index contributed by atoms with van der Waals surface area (Å²) in [5.74, 6) is -1.77. The number of halogens is 1. The summed E-state index contributed by atoms with van der Waals surface area (Å²) < 4.78 is 22.4. The van der Waals surface area contributed by atoms with Crippen molar-refractivity contribution in [1.82, 2.24) is 9.88 Å². The number of aromatic nitrogens is 1. The number of carboxylic acids is 1. The van der Waals surface area contributed by atoms with Crippen LogP contribution in [0.1, 0.15) is 29.2 Å². The second-order valence-corrected chi connectivity index (χ2v) is 7.23. The van der Waals surface area contributed by atoms with Crippen LogP contribution in [0.15, 0.2) is 17.1 Å². The summed E-state index contributed by atoms with van der Waals surface area (Å²) >= 11 is 0. The van der Waals surface area contributed by atoms with Gasteiger partial charge in [-0.2, -0.15) is 0 Å². The molecule has 1 aromatic carbocycles. The van der Waals surface area contributed by atoms with Crippen molar-refractivity contribution in [2.75, 3.05) is 38.3 Å². The Hall–Kier alpha value is -2.65. The number of nitrogens with one attached hydrogen (secondary N) is 1. The molecule has 1 saturated carbocycles. The van der Waals surface area contributed by atoms with Crippen LogP contribution in [-0.4, -0.2) is 60.1 Å². The Kier molecular flexibility index (Phi) is 4.72. The predicted octanol–water partition coefficient (Wildman–Crippen LogP) is 0.953. The molecule has 1 aromatic heterocycles. The Morgan fingerprint density at radius 1 is 1.43 bits per heavy atom. The Labute approximate surface area is 160 Å². The SMILES string of the molecule is COc1c(N2CCNC(CO)C2)c(F)cc2c(=O)c(C(=O)O)cn(C3CC3)c12. The van der Waals surface area contributed by atoms with Gasteiger partial charge in [-0.25, -0.2) is 9.18 Å². The third kappa shape index (κ3) is 3.00. The number of aromatic carboxylic acids is 1. The molecule has 0 bridgehead atoms. The lowest BCUT2D eigenvalue weighted by Crippen LogP contribution is -2.52. The molecular formula is C19H22FN3O5. The van der Waals surface area contributed by atoms with E-state index in [1.807, 2.05) is 0 Å². The first kappa shape index (κ1) is 18.7. The van der Waals surface area contributed by atoms with E-state index in [2.05, 4.69) is 5.32 Å². The number of rotatable bonds is 5. The number of hydrogen-bond donors (Lipinski definition) is 3. The number of carbonyl (C=O) groups is 1. The molecule has 4 rings (SSSR count). The smallest absolute Gasteiger partial charge is 0.341 e. The number of carboxylic acid groups (broad SMARTS) is 1. The standard InChI is InChI=1S/C19H22FN3O5/c1-28-18-15-12(17(25)13(19(26)27)8-23(15)11-2-3-11)6-14(20)16(18)22-5-4-21-10(7-22)9-24/h6,8,10-11,21,24H,2-5,7,9H2,1H3,(H,26,27). The van der Waals surface area contributed by atoms with Crippen LogP contribution in [0, 0.1) is 5.82 Å². The molecule has 0 spiro atoms. The summed E-state index contributed by atoms with van der Waals surface area (Å²) in [6, 6.07) is 0.965. The second kappa shape index (κ2) is 7.06. The van der Waals surface area contributed by atoms with Gasteiger partial charge in [-0.3, -0.25) is 4.79 Å². The van der Waals surface area contributed by atoms with Gasteiger partial charge < -0.3 is 29.7 Å². The Morgan fingerprint density at radius 3 is 2.79 bits per heavy atom. The summed E-state index contributed by atoms with van der Waals surface area (Å²) in [4.78, 5) is 26.0. The van der Waals surface area contributed by atoms with Crippen molar-refractivity contribution in [3.8, 4) is 5.75 Å². The van der Waals surface area contributed by atoms with Crippen LogP contribution in [0.5, 0.6) is 5.75 Å².